The number of hydrogen-bond acceptors (Lipinski definition) is 5. The fourth-order valence-electron chi connectivity index (χ4n) is 1.94. The Hall–Kier alpha value is -1.47. The van der Waals surface area contributed by atoms with Crippen molar-refractivity contribution in [2.75, 3.05) is 26.6 Å². The minimum Gasteiger partial charge on any atom is -0.463 e. The molecule has 2 N–H and O–H groups in total. The van der Waals surface area contributed by atoms with E-state index in [1.165, 1.54) is 18.9 Å². The van der Waals surface area contributed by atoms with Crippen molar-refractivity contribution >= 4 is 23.8 Å². The Labute approximate surface area is 123 Å². The molecule has 0 saturated carbocycles. The lowest BCUT2D eigenvalue weighted by atomic mass is 10.0. The van der Waals surface area contributed by atoms with Crippen molar-refractivity contribution in [1.82, 2.24) is 10.6 Å². The van der Waals surface area contributed by atoms with Crippen LogP contribution in [-0.2, 0) is 14.3 Å². The molecule has 0 fully saturated rings. The molecule has 0 aliphatic carbocycles. The first-order valence-corrected chi connectivity index (χ1v) is 7.48. The second-order valence-electron chi connectivity index (χ2n) is 3.97. The summed E-state index contributed by atoms with van der Waals surface area (Å²) in [4.78, 5) is 24.8. The highest BCUT2D eigenvalue weighted by Crippen LogP contribution is 2.26. The van der Waals surface area contributed by atoms with Gasteiger partial charge in [0.15, 0.2) is 0 Å². The first-order chi connectivity index (χ1) is 9.58. The average molecular weight is 300 g/mol. The van der Waals surface area contributed by atoms with Crippen LogP contribution in [0.3, 0.4) is 0 Å². The number of methoxy groups -OCH3 is 1. The number of amides is 2. The lowest BCUT2D eigenvalue weighted by Crippen LogP contribution is -2.51. The van der Waals surface area contributed by atoms with Crippen LogP contribution in [0.25, 0.3) is 0 Å². The summed E-state index contributed by atoms with van der Waals surface area (Å²) >= 11 is 1.47. The van der Waals surface area contributed by atoms with Crippen molar-refractivity contribution in [2.45, 2.75) is 19.9 Å². The lowest BCUT2D eigenvalue weighted by Gasteiger charge is -2.29. The molecule has 0 bridgehead atoms. The van der Waals surface area contributed by atoms with Crippen molar-refractivity contribution < 1.29 is 19.1 Å². The van der Waals surface area contributed by atoms with Crippen LogP contribution >= 0.6 is 11.8 Å². The molecule has 0 aromatic carbocycles. The number of carbonyl (C=O) groups is 2. The molecule has 1 aliphatic heterocycles. The maximum Gasteiger partial charge on any atom is 0.338 e. The van der Waals surface area contributed by atoms with Crippen LogP contribution in [0, 0.1) is 0 Å². The third kappa shape index (κ3) is 3.77. The van der Waals surface area contributed by atoms with E-state index in [1.54, 1.807) is 6.92 Å². The van der Waals surface area contributed by atoms with Gasteiger partial charge in [-0.3, -0.25) is 0 Å². The first kappa shape index (κ1) is 16.6. The summed E-state index contributed by atoms with van der Waals surface area (Å²) in [6, 6.07) is -0.864. The number of esters is 1. The topological polar surface area (TPSA) is 76.7 Å². The fourth-order valence-corrected chi connectivity index (χ4v) is 2.59. The molecule has 0 spiro atoms. The molecule has 112 valence electrons. The van der Waals surface area contributed by atoms with Crippen molar-refractivity contribution in [3.8, 4) is 0 Å². The summed E-state index contributed by atoms with van der Waals surface area (Å²) < 4.78 is 10.1. The molecule has 1 aliphatic rings. The van der Waals surface area contributed by atoms with E-state index in [2.05, 4.69) is 10.6 Å². The molecule has 1 unspecified atom stereocenters. The van der Waals surface area contributed by atoms with Crippen LogP contribution in [0.2, 0.25) is 0 Å². The quantitative estimate of drug-likeness (QED) is 0.725. The molecule has 2 amide bonds. The first-order valence-electron chi connectivity index (χ1n) is 6.25. The number of urea groups is 1. The van der Waals surface area contributed by atoms with Crippen LogP contribution in [0.4, 0.5) is 4.79 Å². The van der Waals surface area contributed by atoms with Crippen LogP contribution in [-0.4, -0.2) is 44.6 Å². The minimum atomic E-state index is -0.507. The molecule has 6 nitrogen and oxygen atoms in total. The number of thioether (sulfide) groups is 1. The number of hydrogen-bond donors (Lipinski definition) is 2. The Balaban J connectivity index is 3.26. The van der Waals surface area contributed by atoms with Crippen molar-refractivity contribution in [1.29, 1.82) is 0 Å². The molecule has 0 aromatic rings. The van der Waals surface area contributed by atoms with Crippen LogP contribution < -0.4 is 10.6 Å². The summed E-state index contributed by atoms with van der Waals surface area (Å²) in [5, 5.41) is 5.35. The maximum atomic E-state index is 12.2. The molecule has 1 heterocycles. The predicted octanol–water partition coefficient (Wildman–Crippen LogP) is 1.40. The molecule has 20 heavy (non-hydrogen) atoms. The van der Waals surface area contributed by atoms with Gasteiger partial charge in [0, 0.05) is 12.0 Å². The summed E-state index contributed by atoms with van der Waals surface area (Å²) in [5.41, 5.74) is 0.823. The fraction of sp³-hybridized carbons (Fsp3) is 0.538. The van der Waals surface area contributed by atoms with E-state index < -0.39 is 12.0 Å². The molecule has 1 rings (SSSR count). The highest BCUT2D eigenvalue weighted by atomic mass is 32.2. The summed E-state index contributed by atoms with van der Waals surface area (Å²) in [5.74, 6) is -0.453. The molecular formula is C13H20N2O4S. The third-order valence-electron chi connectivity index (χ3n) is 2.74. The van der Waals surface area contributed by atoms with Crippen molar-refractivity contribution in [2.24, 2.45) is 0 Å². The van der Waals surface area contributed by atoms with Gasteiger partial charge >= 0.3 is 12.0 Å². The Bertz CT molecular complexity index is 446. The smallest absolute Gasteiger partial charge is 0.338 e. The Kier molecular flexibility index (Phi) is 6.60. The molecule has 0 saturated heterocycles. The van der Waals surface area contributed by atoms with Crippen molar-refractivity contribution in [3.63, 3.8) is 0 Å². The van der Waals surface area contributed by atoms with Crippen LogP contribution in [0.15, 0.2) is 22.3 Å². The minimum absolute atomic E-state index is 0.142. The van der Waals surface area contributed by atoms with Gasteiger partial charge in [-0.05, 0) is 20.1 Å². The molecule has 7 heteroatoms. The SMILES string of the molecule is C/C=C(\SC)C1NC(=O)NC(COC)=C1C(=O)OCC. The number of allylic oxidation sites excluding steroid dienone is 1. The van der Waals surface area contributed by atoms with Gasteiger partial charge in [0.2, 0.25) is 0 Å². The summed E-state index contributed by atoms with van der Waals surface area (Å²) in [6.07, 6.45) is 3.76. The van der Waals surface area contributed by atoms with Gasteiger partial charge in [-0.15, -0.1) is 11.8 Å². The van der Waals surface area contributed by atoms with Gasteiger partial charge in [0.1, 0.15) is 0 Å². The average Bonchev–Trinajstić information content (AvgIpc) is 2.40. The third-order valence-corrected chi connectivity index (χ3v) is 3.69. The van der Waals surface area contributed by atoms with Gasteiger partial charge in [0.05, 0.1) is 30.5 Å². The van der Waals surface area contributed by atoms with Gasteiger partial charge in [-0.25, -0.2) is 9.59 Å². The van der Waals surface area contributed by atoms with E-state index in [4.69, 9.17) is 9.47 Å². The van der Waals surface area contributed by atoms with E-state index in [0.29, 0.717) is 11.3 Å². The zero-order valence-electron chi connectivity index (χ0n) is 12.1. The van der Waals surface area contributed by atoms with E-state index in [-0.39, 0.29) is 19.2 Å². The Morgan fingerprint density at radius 2 is 2.20 bits per heavy atom. The van der Waals surface area contributed by atoms with E-state index in [9.17, 15) is 9.59 Å². The second-order valence-corrected chi connectivity index (χ2v) is 4.85. The highest BCUT2D eigenvalue weighted by Gasteiger charge is 2.34. The number of nitrogens with one attached hydrogen (secondary N) is 2. The predicted molar refractivity (Wildman–Crippen MR) is 78.3 cm³/mol. The summed E-state index contributed by atoms with van der Waals surface area (Å²) in [6.45, 7) is 4.01. The van der Waals surface area contributed by atoms with E-state index >= 15 is 0 Å². The monoisotopic (exact) mass is 300 g/mol. The number of carbonyl (C=O) groups excluding carboxylic acids is 2. The largest absolute Gasteiger partial charge is 0.463 e. The maximum absolute atomic E-state index is 12.2. The van der Waals surface area contributed by atoms with Crippen LogP contribution in [0.1, 0.15) is 13.8 Å². The highest BCUT2D eigenvalue weighted by molar-refractivity contribution is 8.02. The van der Waals surface area contributed by atoms with Crippen molar-refractivity contribution in [3.05, 3.63) is 22.3 Å². The molecule has 0 radical (unpaired) electrons. The zero-order chi connectivity index (χ0) is 15.1. The Morgan fingerprint density at radius 1 is 1.50 bits per heavy atom. The standard InChI is InChI=1S/C13H20N2O4S/c1-5-9(20-4)11-10(12(16)19-6-2)8(7-18-3)14-13(17)15-11/h5,11H,6-7H2,1-4H3,(H2,14,15,17)/b9-5-. The number of ether oxygens (including phenoxy) is 2. The lowest BCUT2D eigenvalue weighted by molar-refractivity contribution is -0.138. The van der Waals surface area contributed by atoms with E-state index in [1.807, 2.05) is 19.3 Å². The second kappa shape index (κ2) is 7.96. The van der Waals surface area contributed by atoms with Gasteiger partial charge in [-0.2, -0.15) is 0 Å². The summed E-state index contributed by atoms with van der Waals surface area (Å²) in [7, 11) is 1.50. The van der Waals surface area contributed by atoms with E-state index in [0.717, 1.165) is 4.91 Å². The molecule has 1 atom stereocenters. The van der Waals surface area contributed by atoms with Gasteiger partial charge in [0.25, 0.3) is 0 Å². The van der Waals surface area contributed by atoms with Gasteiger partial charge < -0.3 is 20.1 Å². The number of rotatable bonds is 6. The van der Waals surface area contributed by atoms with Gasteiger partial charge in [-0.1, -0.05) is 6.08 Å². The molecular weight excluding hydrogens is 280 g/mol. The zero-order valence-corrected chi connectivity index (χ0v) is 12.9. The molecule has 0 aromatic heterocycles. The van der Waals surface area contributed by atoms with Crippen LogP contribution in [0.5, 0.6) is 0 Å². The normalized spacial score (nSPS) is 19.5. The Morgan fingerprint density at radius 3 is 2.70 bits per heavy atom.